The minimum atomic E-state index is -0.637. The van der Waals surface area contributed by atoms with Gasteiger partial charge in [-0.2, -0.15) is 0 Å². The fourth-order valence-corrected chi connectivity index (χ4v) is 5.92. The third kappa shape index (κ3) is 2.88. The molecule has 0 amide bonds. The van der Waals surface area contributed by atoms with Crippen LogP contribution in [0, 0.1) is 0 Å². The van der Waals surface area contributed by atoms with Crippen LogP contribution in [-0.2, 0) is 0 Å². The molecule has 40 heavy (non-hydrogen) atoms. The van der Waals surface area contributed by atoms with Crippen molar-refractivity contribution in [1.29, 1.82) is 0 Å². The number of para-hydroxylation sites is 2. The quantitative estimate of drug-likeness (QED) is 0.211. The van der Waals surface area contributed by atoms with E-state index in [1.165, 1.54) is 12.1 Å². The van der Waals surface area contributed by atoms with Gasteiger partial charge in [0, 0.05) is 27.3 Å². The Morgan fingerprint density at radius 3 is 1.77 bits per heavy atom. The highest BCUT2D eigenvalue weighted by Gasteiger charge is 2.24. The summed E-state index contributed by atoms with van der Waals surface area (Å²) in [4.78, 5) is 0. The normalized spacial score (nSPS) is 15.8. The minimum absolute atomic E-state index is 0.0379. The molecule has 0 bridgehead atoms. The first-order valence-electron chi connectivity index (χ1n) is 18.2. The van der Waals surface area contributed by atoms with Gasteiger partial charge in [0.25, 0.3) is 0 Å². The molecule has 0 unspecified atom stereocenters. The molecule has 0 aliphatic rings. The number of fused-ring (bicyclic) bond motifs is 9. The lowest BCUT2D eigenvalue weighted by Crippen LogP contribution is -1.91. The van der Waals surface area contributed by atoms with Gasteiger partial charge in [-0.1, -0.05) is 115 Å². The lowest BCUT2D eigenvalue weighted by atomic mass is 9.85. The highest BCUT2D eigenvalue weighted by atomic mass is 16.3. The Labute approximate surface area is 245 Å². The van der Waals surface area contributed by atoms with Crippen molar-refractivity contribution >= 4 is 65.4 Å². The summed E-state index contributed by atoms with van der Waals surface area (Å²) in [5.74, 6) is 0. The first-order valence-corrected chi connectivity index (χ1v) is 12.7. The summed E-state index contributed by atoms with van der Waals surface area (Å²) in [5.41, 5.74) is 2.48. The molecule has 2 nitrogen and oxygen atoms in total. The Morgan fingerprint density at radius 2 is 1.05 bits per heavy atom. The zero-order valence-electron chi connectivity index (χ0n) is 31.7. The van der Waals surface area contributed by atoms with E-state index in [4.69, 9.17) is 21.2 Å². The van der Waals surface area contributed by atoms with Crippen LogP contribution in [0.2, 0.25) is 0 Å². The first-order chi connectivity index (χ1) is 24.4. The first kappa shape index (κ1) is 13.6. The van der Waals surface area contributed by atoms with Crippen molar-refractivity contribution in [3.8, 4) is 22.3 Å². The predicted octanol–water partition coefficient (Wildman–Crippen LogP) is 11.1. The third-order valence-electron chi connectivity index (χ3n) is 7.54. The Hall–Kier alpha value is -5.34. The number of hydrogen-bond acceptors (Lipinski definition) is 2. The molecule has 7 aromatic carbocycles. The largest absolute Gasteiger partial charge is 0.455 e. The lowest BCUT2D eigenvalue weighted by Gasteiger charge is -2.18. The van der Waals surface area contributed by atoms with Crippen LogP contribution in [0.1, 0.15) is 15.1 Å². The molecule has 0 aliphatic heterocycles. The summed E-state index contributed by atoms with van der Waals surface area (Å²) in [6, 6.07) is 14.0. The fourth-order valence-electron chi connectivity index (χ4n) is 5.92. The van der Waals surface area contributed by atoms with E-state index in [1.54, 1.807) is 0 Å². The molecule has 0 spiro atoms. The molecule has 0 N–H and O–H groups in total. The zero-order chi connectivity index (χ0) is 35.8. The van der Waals surface area contributed by atoms with Gasteiger partial charge >= 0.3 is 0 Å². The topological polar surface area (TPSA) is 26.3 Å². The lowest BCUT2D eigenvalue weighted by molar-refractivity contribution is 0.663. The van der Waals surface area contributed by atoms with Crippen LogP contribution in [0.15, 0.2) is 142 Å². The molecular weight excluding hydrogens is 488 g/mol. The summed E-state index contributed by atoms with van der Waals surface area (Å²) in [6.07, 6.45) is 0. The second-order valence-electron chi connectivity index (χ2n) is 9.61. The van der Waals surface area contributed by atoms with Crippen LogP contribution < -0.4 is 0 Å². The fraction of sp³-hybridized carbons (Fsp3) is 0. The molecule has 0 fully saturated rings. The van der Waals surface area contributed by atoms with Crippen LogP contribution >= 0.6 is 0 Å². The molecular formula is C38H22O2. The number of furan rings is 2. The van der Waals surface area contributed by atoms with E-state index in [2.05, 4.69) is 0 Å². The van der Waals surface area contributed by atoms with Crippen molar-refractivity contribution in [2.24, 2.45) is 0 Å². The summed E-state index contributed by atoms with van der Waals surface area (Å²) in [5, 5.41) is 3.27. The highest BCUT2D eigenvalue weighted by molar-refractivity contribution is 6.29. The van der Waals surface area contributed by atoms with E-state index < -0.39 is 54.4 Å². The maximum absolute atomic E-state index is 9.23. The molecule has 0 atom stereocenters. The maximum atomic E-state index is 9.23. The standard InChI is InChI=1S/C38H22O2/c1-2-12-23(13-3-1)34-25-15-4-6-17-27(25)35(28-18-7-5-16-26(28)34)31-22-30-24-14-8-10-20-32(24)39-37(30)36-29-19-9-11-21-33(29)40-38(31)36/h1-22H/i1D,2D,3D,4D,5D,6D,7D,12D,13D,15D,16D. The average molecular weight is 522 g/mol. The monoisotopic (exact) mass is 521 g/mol. The van der Waals surface area contributed by atoms with Crippen LogP contribution in [0.5, 0.6) is 0 Å². The Morgan fingerprint density at radius 1 is 0.450 bits per heavy atom. The molecule has 0 saturated heterocycles. The number of benzene rings is 7. The Bertz CT molecular complexity index is 2950. The van der Waals surface area contributed by atoms with Crippen molar-refractivity contribution < 1.29 is 23.9 Å². The molecule has 0 saturated carbocycles. The van der Waals surface area contributed by atoms with Crippen LogP contribution in [0.4, 0.5) is 0 Å². The molecule has 0 radical (unpaired) electrons. The molecule has 2 heteroatoms. The van der Waals surface area contributed by atoms with Gasteiger partial charge in [-0.25, -0.2) is 0 Å². The van der Waals surface area contributed by atoms with E-state index in [1.807, 2.05) is 54.6 Å². The van der Waals surface area contributed by atoms with Crippen molar-refractivity contribution in [3.63, 3.8) is 0 Å². The van der Waals surface area contributed by atoms with Gasteiger partial charge in [-0.15, -0.1) is 0 Å². The highest BCUT2D eigenvalue weighted by Crippen LogP contribution is 2.49. The van der Waals surface area contributed by atoms with E-state index >= 15 is 0 Å². The number of hydrogen-bond donors (Lipinski definition) is 0. The molecule has 186 valence electrons. The molecule has 0 aliphatic carbocycles. The minimum Gasteiger partial charge on any atom is -0.455 e. The summed E-state index contributed by atoms with van der Waals surface area (Å²) >= 11 is 0. The third-order valence-corrected chi connectivity index (χ3v) is 7.54. The van der Waals surface area contributed by atoms with Crippen LogP contribution in [0.3, 0.4) is 0 Å². The van der Waals surface area contributed by atoms with Gasteiger partial charge in [0.15, 0.2) is 0 Å². The molecule has 2 heterocycles. The van der Waals surface area contributed by atoms with Crippen molar-refractivity contribution in [3.05, 3.63) is 133 Å². The second-order valence-corrected chi connectivity index (χ2v) is 9.61. The van der Waals surface area contributed by atoms with Crippen LogP contribution in [-0.4, -0.2) is 0 Å². The van der Waals surface area contributed by atoms with E-state index in [0.717, 1.165) is 16.2 Å². The molecule has 9 rings (SSSR count). The van der Waals surface area contributed by atoms with Crippen molar-refractivity contribution in [1.82, 2.24) is 0 Å². The smallest absolute Gasteiger partial charge is 0.147 e. The van der Waals surface area contributed by atoms with Gasteiger partial charge in [-0.05, 0) is 50.9 Å². The van der Waals surface area contributed by atoms with Gasteiger partial charge in [0.05, 0.1) is 20.5 Å². The predicted molar refractivity (Wildman–Crippen MR) is 167 cm³/mol. The molecule has 2 aromatic heterocycles. The van der Waals surface area contributed by atoms with Gasteiger partial charge in [0.2, 0.25) is 0 Å². The molecule has 9 aromatic rings. The van der Waals surface area contributed by atoms with Gasteiger partial charge < -0.3 is 8.83 Å². The summed E-state index contributed by atoms with van der Waals surface area (Å²) < 4.78 is 109. The van der Waals surface area contributed by atoms with Gasteiger partial charge in [0.1, 0.15) is 22.3 Å². The summed E-state index contributed by atoms with van der Waals surface area (Å²) in [7, 11) is 0. The van der Waals surface area contributed by atoms with E-state index in [9.17, 15) is 2.74 Å². The van der Waals surface area contributed by atoms with E-state index in [-0.39, 0.29) is 44.8 Å². The maximum Gasteiger partial charge on any atom is 0.147 e. The van der Waals surface area contributed by atoms with Crippen LogP contribution in [0.25, 0.3) is 87.7 Å². The number of rotatable bonds is 2. The van der Waals surface area contributed by atoms with Crippen molar-refractivity contribution in [2.45, 2.75) is 0 Å². The van der Waals surface area contributed by atoms with E-state index in [0.29, 0.717) is 38.8 Å². The Kier molecular flexibility index (Phi) is 2.75. The zero-order valence-corrected chi connectivity index (χ0v) is 20.7. The van der Waals surface area contributed by atoms with Gasteiger partial charge in [-0.3, -0.25) is 0 Å². The van der Waals surface area contributed by atoms with Crippen molar-refractivity contribution in [2.75, 3.05) is 0 Å². The SMILES string of the molecule is [2H]c1cc2c(-c3cc4c5ccccc5oc4c4c3oc3ccccc34)c3cc([2H])c([2H])c([2H])c3c(-c3c([2H])c([2H])c([2H])c([2H])c3[2H])c2c([2H])c1[2H]. The second kappa shape index (κ2) is 8.08. The summed E-state index contributed by atoms with van der Waals surface area (Å²) in [6.45, 7) is 0. The average Bonchev–Trinajstić information content (AvgIpc) is 3.69. The Balaban J connectivity index is 1.62.